The molecule has 0 aromatic heterocycles. The number of hydrogen-bond donors (Lipinski definition) is 3. The Hall–Kier alpha value is -2.77. The number of nitrogens with zero attached hydrogens (tertiary/aromatic N) is 3. The van der Waals surface area contributed by atoms with Gasteiger partial charge in [-0.25, -0.2) is 4.79 Å². The van der Waals surface area contributed by atoms with Crippen LogP contribution in [0.2, 0.25) is 0 Å². The van der Waals surface area contributed by atoms with Crippen molar-refractivity contribution in [3.63, 3.8) is 0 Å². The number of azo groups is 1. The monoisotopic (exact) mass is 326 g/mol. The van der Waals surface area contributed by atoms with Gasteiger partial charge in [0.2, 0.25) is 0 Å². The van der Waals surface area contributed by atoms with Crippen molar-refractivity contribution < 1.29 is 15.0 Å². The standard InChI is InChI=1S/C17H18N4O3/c22-15-10-21(11-16(15)23)17(24)18-12-6-8-14(9-7-12)20-19-13-4-2-1-3-5-13/h1-9,15-16,22-23H,10-11H2,(H,18,24)/t15-,16+. The van der Waals surface area contributed by atoms with Crippen molar-refractivity contribution in [3.8, 4) is 0 Å². The van der Waals surface area contributed by atoms with Crippen LogP contribution in [0.15, 0.2) is 64.8 Å². The van der Waals surface area contributed by atoms with Gasteiger partial charge in [0.1, 0.15) is 0 Å². The Morgan fingerprint density at radius 3 is 2.04 bits per heavy atom. The summed E-state index contributed by atoms with van der Waals surface area (Å²) in [6.07, 6.45) is -1.78. The van der Waals surface area contributed by atoms with Crippen LogP contribution in [0.4, 0.5) is 21.9 Å². The fraction of sp³-hybridized carbons (Fsp3) is 0.235. The molecule has 2 atom stereocenters. The molecule has 1 saturated heterocycles. The summed E-state index contributed by atoms with van der Waals surface area (Å²) in [7, 11) is 0. The molecule has 2 aromatic carbocycles. The van der Waals surface area contributed by atoms with Crippen molar-refractivity contribution in [2.75, 3.05) is 18.4 Å². The van der Waals surface area contributed by atoms with Crippen LogP contribution in [-0.2, 0) is 0 Å². The van der Waals surface area contributed by atoms with Crippen molar-refractivity contribution in [2.45, 2.75) is 12.2 Å². The number of amides is 2. The third kappa shape index (κ3) is 3.95. The molecule has 0 saturated carbocycles. The van der Waals surface area contributed by atoms with Crippen LogP contribution >= 0.6 is 0 Å². The van der Waals surface area contributed by atoms with Gasteiger partial charge >= 0.3 is 6.03 Å². The topological polar surface area (TPSA) is 97.5 Å². The first-order valence-electron chi connectivity index (χ1n) is 7.61. The normalized spacial score (nSPS) is 20.5. The molecule has 1 aliphatic rings. The van der Waals surface area contributed by atoms with E-state index in [1.807, 2.05) is 30.3 Å². The second-order valence-corrected chi connectivity index (χ2v) is 5.55. The maximum absolute atomic E-state index is 12.1. The van der Waals surface area contributed by atoms with Gasteiger partial charge in [0.25, 0.3) is 0 Å². The number of aliphatic hydroxyl groups is 2. The zero-order chi connectivity index (χ0) is 16.9. The van der Waals surface area contributed by atoms with E-state index >= 15 is 0 Å². The van der Waals surface area contributed by atoms with Gasteiger partial charge in [0, 0.05) is 5.69 Å². The van der Waals surface area contributed by atoms with Gasteiger partial charge in [-0.05, 0) is 36.4 Å². The van der Waals surface area contributed by atoms with Gasteiger partial charge in [-0.1, -0.05) is 18.2 Å². The van der Waals surface area contributed by atoms with Gasteiger partial charge < -0.3 is 20.4 Å². The zero-order valence-electron chi connectivity index (χ0n) is 12.9. The van der Waals surface area contributed by atoms with Gasteiger partial charge in [-0.3, -0.25) is 0 Å². The van der Waals surface area contributed by atoms with E-state index in [-0.39, 0.29) is 19.1 Å². The van der Waals surface area contributed by atoms with E-state index in [4.69, 9.17) is 0 Å². The van der Waals surface area contributed by atoms with Crippen LogP contribution in [0.1, 0.15) is 0 Å². The summed E-state index contributed by atoms with van der Waals surface area (Å²) in [4.78, 5) is 13.4. The average Bonchev–Trinajstić information content (AvgIpc) is 2.94. The van der Waals surface area contributed by atoms with Crippen molar-refractivity contribution in [1.82, 2.24) is 4.90 Å². The van der Waals surface area contributed by atoms with Crippen LogP contribution in [0, 0.1) is 0 Å². The maximum Gasteiger partial charge on any atom is 0.322 e. The fourth-order valence-corrected chi connectivity index (χ4v) is 2.36. The Bertz CT molecular complexity index is 708. The molecule has 7 nitrogen and oxygen atoms in total. The van der Waals surface area contributed by atoms with Gasteiger partial charge in [-0.2, -0.15) is 10.2 Å². The predicted molar refractivity (Wildman–Crippen MR) is 89.7 cm³/mol. The minimum Gasteiger partial charge on any atom is -0.388 e. The van der Waals surface area contributed by atoms with E-state index in [1.165, 1.54) is 4.90 Å². The molecule has 2 aromatic rings. The number of aliphatic hydroxyl groups excluding tert-OH is 2. The van der Waals surface area contributed by atoms with Crippen molar-refractivity contribution in [1.29, 1.82) is 0 Å². The summed E-state index contributed by atoms with van der Waals surface area (Å²) < 4.78 is 0. The summed E-state index contributed by atoms with van der Waals surface area (Å²) in [5.41, 5.74) is 2.04. The first kappa shape index (κ1) is 16.1. The summed E-state index contributed by atoms with van der Waals surface area (Å²) in [6, 6.07) is 16.0. The Kier molecular flexibility index (Phi) is 4.83. The van der Waals surface area contributed by atoms with Gasteiger partial charge in [0.05, 0.1) is 36.7 Å². The molecule has 0 spiro atoms. The number of rotatable bonds is 3. The highest BCUT2D eigenvalue weighted by Crippen LogP contribution is 2.20. The first-order valence-corrected chi connectivity index (χ1v) is 7.61. The molecule has 3 N–H and O–H groups in total. The lowest BCUT2D eigenvalue weighted by molar-refractivity contribution is 0.0572. The minimum atomic E-state index is -0.892. The number of urea groups is 1. The van der Waals surface area contributed by atoms with Crippen LogP contribution in [-0.4, -0.2) is 46.4 Å². The summed E-state index contributed by atoms with van der Waals surface area (Å²) >= 11 is 0. The lowest BCUT2D eigenvalue weighted by Gasteiger charge is -2.16. The van der Waals surface area contributed by atoms with Gasteiger partial charge in [-0.15, -0.1) is 0 Å². The highest BCUT2D eigenvalue weighted by Gasteiger charge is 2.32. The maximum atomic E-state index is 12.1. The van der Waals surface area contributed by atoms with Crippen LogP contribution in [0.3, 0.4) is 0 Å². The van der Waals surface area contributed by atoms with Crippen molar-refractivity contribution in [3.05, 3.63) is 54.6 Å². The fourth-order valence-electron chi connectivity index (χ4n) is 2.36. The molecule has 0 unspecified atom stereocenters. The summed E-state index contributed by atoms with van der Waals surface area (Å²) in [5.74, 6) is 0. The number of anilines is 1. The van der Waals surface area contributed by atoms with E-state index in [0.29, 0.717) is 11.4 Å². The number of benzene rings is 2. The highest BCUT2D eigenvalue weighted by molar-refractivity contribution is 5.89. The molecule has 0 bridgehead atoms. The first-order chi connectivity index (χ1) is 11.6. The number of β-amino-alcohol motifs (C(OH)–C–C–N with tert-alkyl or cyclic N) is 2. The molecular weight excluding hydrogens is 308 g/mol. The Labute approximate surface area is 139 Å². The van der Waals surface area contributed by atoms with E-state index < -0.39 is 12.2 Å². The van der Waals surface area contributed by atoms with E-state index in [0.717, 1.165) is 5.69 Å². The SMILES string of the molecule is O=C(Nc1ccc(N=Nc2ccccc2)cc1)N1C[C@@H](O)[C@@H](O)C1. The summed E-state index contributed by atoms with van der Waals surface area (Å²) in [5, 5.41) is 29.9. The molecule has 124 valence electrons. The number of carbonyl (C=O) groups excluding carboxylic acids is 1. The molecule has 1 heterocycles. The van der Waals surface area contributed by atoms with E-state index in [1.54, 1.807) is 24.3 Å². The molecule has 0 aliphatic carbocycles. The second-order valence-electron chi connectivity index (χ2n) is 5.55. The Morgan fingerprint density at radius 2 is 1.46 bits per heavy atom. The lowest BCUT2D eigenvalue weighted by Crippen LogP contribution is -2.33. The average molecular weight is 326 g/mol. The van der Waals surface area contributed by atoms with E-state index in [9.17, 15) is 15.0 Å². The molecule has 1 fully saturated rings. The Morgan fingerprint density at radius 1 is 0.917 bits per heavy atom. The van der Waals surface area contributed by atoms with Crippen LogP contribution < -0.4 is 5.32 Å². The smallest absolute Gasteiger partial charge is 0.322 e. The van der Waals surface area contributed by atoms with Crippen molar-refractivity contribution >= 4 is 23.1 Å². The zero-order valence-corrected chi connectivity index (χ0v) is 12.9. The molecular formula is C17H18N4O3. The van der Waals surface area contributed by atoms with Crippen LogP contribution in [0.5, 0.6) is 0 Å². The number of nitrogens with one attached hydrogen (secondary N) is 1. The third-order valence-electron chi connectivity index (χ3n) is 3.70. The number of hydrogen-bond acceptors (Lipinski definition) is 5. The highest BCUT2D eigenvalue weighted by atomic mass is 16.3. The van der Waals surface area contributed by atoms with Crippen LogP contribution in [0.25, 0.3) is 0 Å². The number of likely N-dealkylation sites (tertiary alicyclic amines) is 1. The van der Waals surface area contributed by atoms with E-state index in [2.05, 4.69) is 15.5 Å². The molecule has 1 aliphatic heterocycles. The number of carbonyl (C=O) groups is 1. The second kappa shape index (κ2) is 7.20. The molecule has 2 amide bonds. The molecule has 7 heteroatoms. The largest absolute Gasteiger partial charge is 0.388 e. The Balaban J connectivity index is 1.59. The van der Waals surface area contributed by atoms with Crippen molar-refractivity contribution in [2.24, 2.45) is 10.2 Å². The minimum absolute atomic E-state index is 0.121. The lowest BCUT2D eigenvalue weighted by atomic mass is 10.3. The quantitative estimate of drug-likeness (QED) is 0.756. The molecule has 0 radical (unpaired) electrons. The molecule has 3 rings (SSSR count). The van der Waals surface area contributed by atoms with Gasteiger partial charge in [0.15, 0.2) is 0 Å². The third-order valence-corrected chi connectivity index (χ3v) is 3.70. The summed E-state index contributed by atoms with van der Waals surface area (Å²) in [6.45, 7) is 0.243. The molecule has 24 heavy (non-hydrogen) atoms. The predicted octanol–water partition coefficient (Wildman–Crippen LogP) is 2.67.